The van der Waals surface area contributed by atoms with E-state index in [-0.39, 0.29) is 5.92 Å². The first kappa shape index (κ1) is 17.0. The number of hydrogen-bond donors (Lipinski definition) is 0. The average Bonchev–Trinajstić information content (AvgIpc) is 2.62. The van der Waals surface area contributed by atoms with Gasteiger partial charge < -0.3 is 9.80 Å². The summed E-state index contributed by atoms with van der Waals surface area (Å²) in [5, 5.41) is 1.69. The quantitative estimate of drug-likeness (QED) is 0.851. The Bertz CT molecular complexity index is 724. The van der Waals surface area contributed by atoms with Gasteiger partial charge in [0.05, 0.1) is 5.52 Å². The van der Waals surface area contributed by atoms with Gasteiger partial charge in [-0.3, -0.25) is 4.79 Å². The summed E-state index contributed by atoms with van der Waals surface area (Å²) in [5.74, 6) is 1.35. The van der Waals surface area contributed by atoms with Gasteiger partial charge in [-0.15, -0.1) is 0 Å². The van der Waals surface area contributed by atoms with E-state index in [1.807, 2.05) is 36.9 Å². The fourth-order valence-electron chi connectivity index (χ4n) is 3.40. The maximum absolute atomic E-state index is 12.5. The molecule has 0 aliphatic carbocycles. The van der Waals surface area contributed by atoms with E-state index in [4.69, 9.17) is 11.6 Å². The first-order chi connectivity index (χ1) is 11.6. The summed E-state index contributed by atoms with van der Waals surface area (Å²) in [4.78, 5) is 25.5. The molecular weight excluding hydrogens is 324 g/mol. The molecule has 0 radical (unpaired) electrons. The lowest BCUT2D eigenvalue weighted by molar-refractivity contribution is -0.135. The zero-order valence-electron chi connectivity index (χ0n) is 14.2. The molecule has 1 fully saturated rings. The van der Waals surface area contributed by atoms with E-state index in [0.717, 1.165) is 55.7 Å². The van der Waals surface area contributed by atoms with Crippen LogP contribution in [-0.2, 0) is 4.79 Å². The fourth-order valence-corrected chi connectivity index (χ4v) is 3.57. The largest absolute Gasteiger partial charge is 0.356 e. The van der Waals surface area contributed by atoms with Gasteiger partial charge in [0.25, 0.3) is 0 Å². The van der Waals surface area contributed by atoms with E-state index in [0.29, 0.717) is 10.9 Å². The Morgan fingerprint density at radius 1 is 1.25 bits per heavy atom. The molecule has 5 nitrogen and oxygen atoms in total. The first-order valence-corrected chi connectivity index (χ1v) is 8.95. The lowest BCUT2D eigenvalue weighted by Gasteiger charge is -2.34. The molecule has 1 aliphatic rings. The van der Waals surface area contributed by atoms with E-state index in [1.54, 1.807) is 6.33 Å². The van der Waals surface area contributed by atoms with Crippen LogP contribution in [0.3, 0.4) is 0 Å². The van der Waals surface area contributed by atoms with Crippen LogP contribution in [0.1, 0.15) is 26.7 Å². The number of carbonyl (C=O) groups excluding carboxylic acids is 1. The van der Waals surface area contributed by atoms with Crippen LogP contribution in [0.25, 0.3) is 10.9 Å². The van der Waals surface area contributed by atoms with Crippen LogP contribution in [0.15, 0.2) is 24.5 Å². The minimum atomic E-state index is 0.128. The molecule has 0 spiro atoms. The van der Waals surface area contributed by atoms with Crippen LogP contribution in [0.2, 0.25) is 5.02 Å². The molecule has 1 aliphatic heterocycles. The zero-order valence-corrected chi connectivity index (χ0v) is 15.0. The van der Waals surface area contributed by atoms with Gasteiger partial charge >= 0.3 is 0 Å². The molecule has 2 aromatic rings. The summed E-state index contributed by atoms with van der Waals surface area (Å²) in [6, 6.07) is 5.70. The Hall–Kier alpha value is -1.88. The first-order valence-electron chi connectivity index (χ1n) is 8.58. The summed E-state index contributed by atoms with van der Waals surface area (Å²) in [6.07, 6.45) is 3.32. The number of piperidine rings is 1. The second kappa shape index (κ2) is 7.34. The van der Waals surface area contributed by atoms with Gasteiger partial charge in [-0.25, -0.2) is 9.97 Å². The molecule has 1 aromatic heterocycles. The number of benzene rings is 1. The molecule has 24 heavy (non-hydrogen) atoms. The number of anilines is 1. The highest BCUT2D eigenvalue weighted by Crippen LogP contribution is 2.29. The highest BCUT2D eigenvalue weighted by atomic mass is 35.5. The maximum atomic E-state index is 12.5. The van der Waals surface area contributed by atoms with Gasteiger partial charge in [0.15, 0.2) is 0 Å². The molecule has 2 heterocycles. The highest BCUT2D eigenvalue weighted by molar-refractivity contribution is 6.31. The van der Waals surface area contributed by atoms with Crippen LogP contribution in [0, 0.1) is 5.92 Å². The van der Waals surface area contributed by atoms with E-state index in [2.05, 4.69) is 14.9 Å². The maximum Gasteiger partial charge on any atom is 0.225 e. The molecule has 6 heteroatoms. The van der Waals surface area contributed by atoms with Crippen molar-refractivity contribution in [1.82, 2.24) is 14.9 Å². The number of carbonyl (C=O) groups is 1. The molecule has 1 saturated heterocycles. The van der Waals surface area contributed by atoms with Gasteiger partial charge in [0.2, 0.25) is 5.91 Å². The topological polar surface area (TPSA) is 49.3 Å². The average molecular weight is 347 g/mol. The van der Waals surface area contributed by atoms with Crippen molar-refractivity contribution in [3.05, 3.63) is 29.5 Å². The fraction of sp³-hybridized carbons (Fsp3) is 0.500. The van der Waals surface area contributed by atoms with Crippen LogP contribution in [0.4, 0.5) is 5.82 Å². The predicted molar refractivity (Wildman–Crippen MR) is 97.4 cm³/mol. The van der Waals surface area contributed by atoms with Gasteiger partial charge in [-0.05, 0) is 44.9 Å². The summed E-state index contributed by atoms with van der Waals surface area (Å²) in [7, 11) is 0. The highest BCUT2D eigenvalue weighted by Gasteiger charge is 2.28. The minimum absolute atomic E-state index is 0.128. The van der Waals surface area contributed by atoms with Crippen molar-refractivity contribution < 1.29 is 4.79 Å². The predicted octanol–water partition coefficient (Wildman–Crippen LogP) is 3.37. The third kappa shape index (κ3) is 3.31. The number of halogens is 1. The minimum Gasteiger partial charge on any atom is -0.356 e. The number of rotatable bonds is 4. The van der Waals surface area contributed by atoms with E-state index >= 15 is 0 Å². The summed E-state index contributed by atoms with van der Waals surface area (Å²) >= 11 is 6.05. The Balaban J connectivity index is 1.75. The van der Waals surface area contributed by atoms with Crippen molar-refractivity contribution in [3.63, 3.8) is 0 Å². The smallest absolute Gasteiger partial charge is 0.225 e. The van der Waals surface area contributed by atoms with Gasteiger partial charge in [-0.2, -0.15) is 0 Å². The zero-order chi connectivity index (χ0) is 17.1. The van der Waals surface area contributed by atoms with Crippen molar-refractivity contribution in [2.45, 2.75) is 26.7 Å². The number of nitrogens with zero attached hydrogens (tertiary/aromatic N) is 4. The monoisotopic (exact) mass is 346 g/mol. The standard InChI is InChI=1S/C18H23ClN4O/c1-3-22(4-2)18(24)13-7-9-23(10-8-13)17-15-6-5-14(19)11-16(15)20-12-21-17/h5-6,11-13H,3-4,7-10H2,1-2H3. The Labute approximate surface area is 147 Å². The molecule has 1 amide bonds. The summed E-state index contributed by atoms with van der Waals surface area (Å²) < 4.78 is 0. The molecule has 128 valence electrons. The lowest BCUT2D eigenvalue weighted by Crippen LogP contribution is -2.42. The third-order valence-corrected chi connectivity index (χ3v) is 5.03. The van der Waals surface area contributed by atoms with Gasteiger partial charge in [0, 0.05) is 42.5 Å². The van der Waals surface area contributed by atoms with Crippen molar-refractivity contribution in [3.8, 4) is 0 Å². The molecule has 1 aromatic carbocycles. The molecule has 0 saturated carbocycles. The van der Waals surface area contributed by atoms with Gasteiger partial charge in [-0.1, -0.05) is 11.6 Å². The third-order valence-electron chi connectivity index (χ3n) is 4.80. The molecule has 3 rings (SSSR count). The number of aromatic nitrogens is 2. The second-order valence-electron chi connectivity index (χ2n) is 6.13. The van der Waals surface area contributed by atoms with E-state index in [9.17, 15) is 4.79 Å². The summed E-state index contributed by atoms with van der Waals surface area (Å²) in [6.45, 7) is 7.32. The van der Waals surface area contributed by atoms with Crippen molar-refractivity contribution in [2.75, 3.05) is 31.1 Å². The van der Waals surface area contributed by atoms with Crippen molar-refractivity contribution >= 4 is 34.2 Å². The van der Waals surface area contributed by atoms with Crippen LogP contribution in [-0.4, -0.2) is 47.0 Å². The molecule has 0 bridgehead atoms. The summed E-state index contributed by atoms with van der Waals surface area (Å²) in [5.41, 5.74) is 0.855. The number of amides is 1. The van der Waals surface area contributed by atoms with Crippen molar-refractivity contribution in [2.24, 2.45) is 5.92 Å². The number of fused-ring (bicyclic) bond motifs is 1. The van der Waals surface area contributed by atoms with Gasteiger partial charge in [0.1, 0.15) is 12.1 Å². The normalized spacial score (nSPS) is 15.7. The Kier molecular flexibility index (Phi) is 5.19. The van der Waals surface area contributed by atoms with Crippen LogP contribution < -0.4 is 4.90 Å². The molecule has 0 unspecified atom stereocenters. The van der Waals surface area contributed by atoms with E-state index in [1.165, 1.54) is 0 Å². The Morgan fingerprint density at radius 3 is 2.62 bits per heavy atom. The number of hydrogen-bond acceptors (Lipinski definition) is 4. The molecule has 0 N–H and O–H groups in total. The SMILES string of the molecule is CCN(CC)C(=O)C1CCN(c2ncnc3cc(Cl)ccc23)CC1. The lowest BCUT2D eigenvalue weighted by atomic mass is 9.95. The Morgan fingerprint density at radius 2 is 1.96 bits per heavy atom. The van der Waals surface area contributed by atoms with Crippen LogP contribution in [0.5, 0.6) is 0 Å². The molecular formula is C18H23ClN4O. The van der Waals surface area contributed by atoms with Crippen LogP contribution >= 0.6 is 11.6 Å². The van der Waals surface area contributed by atoms with Crippen molar-refractivity contribution in [1.29, 1.82) is 0 Å². The second-order valence-corrected chi connectivity index (χ2v) is 6.57. The van der Waals surface area contributed by atoms with E-state index < -0.39 is 0 Å². The molecule has 0 atom stereocenters.